The van der Waals surface area contributed by atoms with Crippen LogP contribution in [0.4, 0.5) is 14.5 Å². The molecule has 1 amide bonds. The lowest BCUT2D eigenvalue weighted by Gasteiger charge is -2.13. The maximum absolute atomic E-state index is 15.0. The molecule has 0 aliphatic rings. The molecule has 3 heterocycles. The summed E-state index contributed by atoms with van der Waals surface area (Å²) in [5.74, 6) is -1.87. The van der Waals surface area contributed by atoms with Crippen LogP contribution in [0.1, 0.15) is 17.4 Å². The molecule has 0 aliphatic heterocycles. The van der Waals surface area contributed by atoms with Gasteiger partial charge in [0.25, 0.3) is 5.69 Å². The molecule has 0 fully saturated rings. The highest BCUT2D eigenvalue weighted by molar-refractivity contribution is 6.02. The van der Waals surface area contributed by atoms with Gasteiger partial charge in [0.15, 0.2) is 11.6 Å². The van der Waals surface area contributed by atoms with Crippen LogP contribution in [0.2, 0.25) is 0 Å². The third-order valence-electron chi connectivity index (χ3n) is 6.07. The number of amides is 1. The molecule has 0 bridgehead atoms. The van der Waals surface area contributed by atoms with E-state index in [1.807, 2.05) is 11.5 Å². The predicted molar refractivity (Wildman–Crippen MR) is 137 cm³/mol. The number of carbonyl (C=O) groups excluding carboxylic acids is 1. The number of aliphatic hydroxyl groups is 1. The number of benzene rings is 2. The lowest BCUT2D eigenvalue weighted by molar-refractivity contribution is -0.897. The van der Waals surface area contributed by atoms with E-state index < -0.39 is 17.5 Å². The third kappa shape index (κ3) is 5.39. The molecule has 0 saturated heterocycles. The second-order valence-corrected chi connectivity index (χ2v) is 8.98. The van der Waals surface area contributed by atoms with Gasteiger partial charge in [-0.1, -0.05) is 6.92 Å². The largest absolute Gasteiger partial charge is 0.434 e. The summed E-state index contributed by atoms with van der Waals surface area (Å²) in [4.78, 5) is 21.3. The van der Waals surface area contributed by atoms with Crippen LogP contribution in [0.5, 0.6) is 11.6 Å². The fourth-order valence-electron chi connectivity index (χ4n) is 4.10. The van der Waals surface area contributed by atoms with Crippen LogP contribution >= 0.6 is 0 Å². The second kappa shape index (κ2) is 10.8. The molecule has 5 rings (SSSR count). The maximum atomic E-state index is 15.0. The highest BCUT2D eigenvalue weighted by Crippen LogP contribution is 2.31. The molecule has 0 saturated carbocycles. The molecule has 3 N–H and O–H groups in total. The maximum Gasteiger partial charge on any atom is 0.325 e. The lowest BCUT2D eigenvalue weighted by Crippen LogP contribution is -2.41. The van der Waals surface area contributed by atoms with Crippen molar-refractivity contribution in [3.8, 4) is 22.9 Å². The molecule has 3 aromatic heterocycles. The van der Waals surface area contributed by atoms with Crippen molar-refractivity contribution in [2.24, 2.45) is 5.92 Å². The molecule has 0 aliphatic carbocycles. The van der Waals surface area contributed by atoms with Gasteiger partial charge in [0.05, 0.1) is 11.1 Å². The molecule has 39 heavy (non-hydrogen) atoms. The van der Waals surface area contributed by atoms with Gasteiger partial charge in [0, 0.05) is 48.0 Å². The number of nitrogens with one attached hydrogen (secondary N) is 1. The van der Waals surface area contributed by atoms with Crippen molar-refractivity contribution in [1.29, 1.82) is 0 Å². The van der Waals surface area contributed by atoms with Crippen LogP contribution in [0.15, 0.2) is 79.3 Å². The van der Waals surface area contributed by atoms with Gasteiger partial charge in [-0.05, 0) is 54.4 Å². The molecular weight excluding hydrogens is 508 g/mol. The normalized spacial score (nSPS) is 11.9. The highest BCUT2D eigenvalue weighted by Gasteiger charge is 2.25. The fraction of sp³-hybridized carbons (Fsp3) is 0.143. The first-order valence-corrected chi connectivity index (χ1v) is 12.0. The van der Waals surface area contributed by atoms with E-state index in [2.05, 4.69) is 15.3 Å². The van der Waals surface area contributed by atoms with E-state index in [0.29, 0.717) is 27.9 Å². The van der Waals surface area contributed by atoms with Crippen molar-refractivity contribution < 1.29 is 33.4 Å². The summed E-state index contributed by atoms with van der Waals surface area (Å²) < 4.78 is 36.6. The Kier molecular flexibility index (Phi) is 7.15. The third-order valence-corrected chi connectivity index (χ3v) is 6.07. The van der Waals surface area contributed by atoms with Gasteiger partial charge in [-0.2, -0.15) is 4.98 Å². The van der Waals surface area contributed by atoms with Gasteiger partial charge >= 0.3 is 11.6 Å². The molecule has 198 valence electrons. The van der Waals surface area contributed by atoms with Gasteiger partial charge in [-0.15, -0.1) is 0 Å². The number of carbonyl (C=O) groups is 1. The number of halogens is 2. The van der Waals surface area contributed by atoms with Gasteiger partial charge in [-0.3, -0.25) is 10.0 Å². The number of anilines is 1. The Labute approximate surface area is 221 Å². The minimum atomic E-state index is -0.752. The highest BCUT2D eigenvalue weighted by atomic mass is 19.1. The number of rotatable bonds is 8. The lowest BCUT2D eigenvalue weighted by atomic mass is 10.1. The fourth-order valence-corrected chi connectivity index (χ4v) is 4.10. The SMILES string of the molecule is C[C@H](CO)Cn1ccc2ncnc(Oc3ccc(NC(=O)c4cccc(-c5ccc(F)cc5)[n+]4O)cc3F)c21. The second-order valence-electron chi connectivity index (χ2n) is 8.98. The van der Waals surface area contributed by atoms with E-state index in [-0.39, 0.29) is 41.2 Å². The molecule has 1 atom stereocenters. The molecule has 11 heteroatoms. The number of fused-ring (bicyclic) bond motifs is 1. The number of aliphatic hydroxyl groups excluding tert-OH is 1. The van der Waals surface area contributed by atoms with Gasteiger partial charge < -0.3 is 19.7 Å². The first-order chi connectivity index (χ1) is 18.8. The molecular formula is C28H24F2N5O4+. The zero-order valence-corrected chi connectivity index (χ0v) is 20.8. The van der Waals surface area contributed by atoms with Gasteiger partial charge in [0.2, 0.25) is 5.88 Å². The Bertz CT molecular complexity index is 1660. The molecule has 5 aromatic rings. The van der Waals surface area contributed by atoms with E-state index >= 15 is 4.39 Å². The number of pyridine rings is 1. The zero-order chi connectivity index (χ0) is 27.5. The topological polar surface area (TPSA) is 113 Å². The van der Waals surface area contributed by atoms with Crippen LogP contribution in [0.25, 0.3) is 22.3 Å². The Balaban J connectivity index is 1.36. The number of hydrogen-bond acceptors (Lipinski definition) is 6. The Morgan fingerprint density at radius 1 is 1.10 bits per heavy atom. The van der Waals surface area contributed by atoms with Gasteiger partial charge in [0.1, 0.15) is 17.7 Å². The average Bonchev–Trinajstić information content (AvgIpc) is 3.34. The molecule has 0 unspecified atom stereocenters. The van der Waals surface area contributed by atoms with Crippen molar-refractivity contribution in [2.45, 2.75) is 13.5 Å². The smallest absolute Gasteiger partial charge is 0.325 e. The summed E-state index contributed by atoms with van der Waals surface area (Å²) in [5, 5.41) is 22.6. The molecule has 0 spiro atoms. The van der Waals surface area contributed by atoms with E-state index in [9.17, 15) is 19.5 Å². The van der Waals surface area contributed by atoms with Gasteiger partial charge in [-0.25, -0.2) is 13.8 Å². The van der Waals surface area contributed by atoms with E-state index in [0.717, 1.165) is 6.07 Å². The van der Waals surface area contributed by atoms with Crippen LogP contribution in [-0.4, -0.2) is 37.4 Å². The number of hydrogen-bond donors (Lipinski definition) is 3. The van der Waals surface area contributed by atoms with Crippen LogP contribution < -0.4 is 14.8 Å². The van der Waals surface area contributed by atoms with E-state index in [1.54, 1.807) is 24.4 Å². The number of ether oxygens (including phenoxy) is 1. The summed E-state index contributed by atoms with van der Waals surface area (Å²) in [5.41, 5.74) is 1.95. The standard InChI is InChI=1S/C28H23F2N5O4/c1-17(15-36)14-34-12-11-22-26(34)28(32-16-31-22)39-25-10-9-20(13-21(25)30)33-27(37)24-4-2-3-23(35(24)38)18-5-7-19(29)8-6-18/h2-13,16-17,36H,14-15H2,1H3,(H-,33,37,38)/p+1/t17-/m0/s1. The van der Waals surface area contributed by atoms with Crippen molar-refractivity contribution in [2.75, 3.05) is 11.9 Å². The quantitative estimate of drug-likeness (QED) is 0.199. The zero-order valence-electron chi connectivity index (χ0n) is 20.8. The minimum Gasteiger partial charge on any atom is -0.434 e. The average molecular weight is 533 g/mol. The molecule has 9 nitrogen and oxygen atoms in total. The summed E-state index contributed by atoms with van der Waals surface area (Å²) in [7, 11) is 0. The van der Waals surface area contributed by atoms with Crippen LogP contribution in [0, 0.1) is 17.6 Å². The predicted octanol–water partition coefficient (Wildman–Crippen LogP) is 4.57. The minimum absolute atomic E-state index is 0.00181. The first kappa shape index (κ1) is 25.7. The van der Waals surface area contributed by atoms with Crippen molar-refractivity contribution in [3.63, 3.8) is 0 Å². The molecule has 2 aromatic carbocycles. The Hall–Kier alpha value is -4.90. The van der Waals surface area contributed by atoms with Crippen LogP contribution in [0.3, 0.4) is 0 Å². The van der Waals surface area contributed by atoms with Crippen molar-refractivity contribution >= 4 is 22.6 Å². The van der Waals surface area contributed by atoms with E-state index in [4.69, 9.17) is 4.74 Å². The summed E-state index contributed by atoms with van der Waals surface area (Å²) in [6.45, 7) is 2.38. The summed E-state index contributed by atoms with van der Waals surface area (Å²) in [6, 6.07) is 15.6. The summed E-state index contributed by atoms with van der Waals surface area (Å²) >= 11 is 0. The van der Waals surface area contributed by atoms with Crippen LogP contribution in [-0.2, 0) is 6.54 Å². The van der Waals surface area contributed by atoms with E-state index in [1.165, 1.54) is 48.8 Å². The molecule has 0 radical (unpaired) electrons. The Morgan fingerprint density at radius 3 is 2.64 bits per heavy atom. The number of nitrogens with zero attached hydrogens (tertiary/aromatic N) is 4. The van der Waals surface area contributed by atoms with Crippen molar-refractivity contribution in [1.82, 2.24) is 14.5 Å². The monoisotopic (exact) mass is 532 g/mol. The first-order valence-electron chi connectivity index (χ1n) is 12.0. The summed E-state index contributed by atoms with van der Waals surface area (Å²) in [6.07, 6.45) is 3.11. The number of aromatic nitrogens is 4. The Morgan fingerprint density at radius 2 is 1.90 bits per heavy atom. The van der Waals surface area contributed by atoms with Crippen molar-refractivity contribution in [3.05, 3.63) is 96.6 Å².